The van der Waals surface area contributed by atoms with Crippen LogP contribution in [0.4, 0.5) is 10.1 Å². The molecule has 2 aromatic rings. The number of nitrogens with two attached hydrogens (primary N) is 1. The molecule has 0 saturated carbocycles. The van der Waals surface area contributed by atoms with Crippen LogP contribution in [-0.2, 0) is 10.3 Å². The fourth-order valence-electron chi connectivity index (χ4n) is 1.89. The van der Waals surface area contributed by atoms with E-state index in [0.717, 1.165) is 3.57 Å². The van der Waals surface area contributed by atoms with E-state index in [0.29, 0.717) is 5.56 Å². The quantitative estimate of drug-likeness (QED) is 0.796. The number of halogens is 2. The van der Waals surface area contributed by atoms with E-state index in [1.54, 1.807) is 37.3 Å². The standard InChI is InChI=1S/C15H14FIN2O/c1-15(14(18)20,10-6-8-11(17)9-7-10)19-13-5-3-2-4-12(13)16/h2-9,19H,1H3,(H2,18,20). The van der Waals surface area contributed by atoms with Crippen LogP contribution in [0, 0.1) is 9.39 Å². The van der Waals surface area contributed by atoms with E-state index in [9.17, 15) is 9.18 Å². The van der Waals surface area contributed by atoms with Crippen molar-refractivity contribution in [1.29, 1.82) is 0 Å². The number of para-hydroxylation sites is 1. The first kappa shape index (κ1) is 14.8. The Hall–Kier alpha value is -1.63. The molecule has 104 valence electrons. The van der Waals surface area contributed by atoms with E-state index in [2.05, 4.69) is 27.9 Å². The Labute approximate surface area is 130 Å². The molecular formula is C15H14FIN2O. The Kier molecular flexibility index (Phi) is 4.27. The second-order valence-corrected chi connectivity index (χ2v) is 5.85. The van der Waals surface area contributed by atoms with Gasteiger partial charge in [0.05, 0.1) is 5.69 Å². The summed E-state index contributed by atoms with van der Waals surface area (Å²) in [6, 6.07) is 13.6. The molecule has 0 spiro atoms. The number of nitrogens with one attached hydrogen (secondary N) is 1. The second-order valence-electron chi connectivity index (χ2n) is 4.60. The Morgan fingerprint density at radius 3 is 2.35 bits per heavy atom. The molecule has 0 aliphatic rings. The first-order valence-corrected chi connectivity index (χ1v) is 7.10. The van der Waals surface area contributed by atoms with E-state index in [4.69, 9.17) is 5.73 Å². The van der Waals surface area contributed by atoms with Crippen LogP contribution in [0.25, 0.3) is 0 Å². The zero-order valence-electron chi connectivity index (χ0n) is 10.9. The second kappa shape index (κ2) is 5.78. The highest BCUT2D eigenvalue weighted by Crippen LogP contribution is 2.27. The summed E-state index contributed by atoms with van der Waals surface area (Å²) in [5.41, 5.74) is 5.27. The van der Waals surface area contributed by atoms with Gasteiger partial charge < -0.3 is 11.1 Å². The van der Waals surface area contributed by atoms with Gasteiger partial charge in [0.15, 0.2) is 0 Å². The average molecular weight is 384 g/mol. The maximum Gasteiger partial charge on any atom is 0.247 e. The third-order valence-corrected chi connectivity index (χ3v) is 3.89. The zero-order valence-corrected chi connectivity index (χ0v) is 13.0. The fourth-order valence-corrected chi connectivity index (χ4v) is 2.25. The van der Waals surface area contributed by atoms with E-state index in [1.807, 2.05) is 12.1 Å². The monoisotopic (exact) mass is 384 g/mol. The van der Waals surface area contributed by atoms with Crippen LogP contribution in [0.2, 0.25) is 0 Å². The number of primary amides is 1. The van der Waals surface area contributed by atoms with Gasteiger partial charge in [-0.15, -0.1) is 0 Å². The largest absolute Gasteiger partial charge is 0.367 e. The normalized spacial score (nSPS) is 13.6. The maximum atomic E-state index is 13.7. The Morgan fingerprint density at radius 2 is 1.80 bits per heavy atom. The number of carbonyl (C=O) groups is 1. The molecule has 0 radical (unpaired) electrons. The van der Waals surface area contributed by atoms with Crippen molar-refractivity contribution in [3.05, 3.63) is 63.5 Å². The van der Waals surface area contributed by atoms with Crippen LogP contribution in [0.5, 0.6) is 0 Å². The lowest BCUT2D eigenvalue weighted by atomic mass is 9.91. The van der Waals surface area contributed by atoms with Gasteiger partial charge in [-0.3, -0.25) is 4.79 Å². The van der Waals surface area contributed by atoms with E-state index in [-0.39, 0.29) is 5.69 Å². The molecule has 0 aliphatic heterocycles. The third-order valence-electron chi connectivity index (χ3n) is 3.17. The highest BCUT2D eigenvalue weighted by molar-refractivity contribution is 14.1. The minimum absolute atomic E-state index is 0.243. The van der Waals surface area contributed by atoms with E-state index in [1.165, 1.54) is 6.07 Å². The summed E-state index contributed by atoms with van der Waals surface area (Å²) in [5, 5.41) is 2.91. The smallest absolute Gasteiger partial charge is 0.247 e. The molecule has 0 aromatic heterocycles. The summed E-state index contributed by atoms with van der Waals surface area (Å²) in [6.45, 7) is 1.64. The maximum absolute atomic E-state index is 13.7. The third kappa shape index (κ3) is 2.92. The van der Waals surface area contributed by atoms with Gasteiger partial charge in [0.2, 0.25) is 5.91 Å². The first-order valence-electron chi connectivity index (χ1n) is 6.02. The molecule has 3 nitrogen and oxygen atoms in total. The van der Waals surface area contributed by atoms with Crippen molar-refractivity contribution in [2.45, 2.75) is 12.5 Å². The molecule has 1 amide bonds. The number of anilines is 1. The zero-order chi connectivity index (χ0) is 14.8. The predicted molar refractivity (Wildman–Crippen MR) is 85.7 cm³/mol. The lowest BCUT2D eigenvalue weighted by Crippen LogP contribution is -2.45. The van der Waals surface area contributed by atoms with Crippen LogP contribution in [0.15, 0.2) is 48.5 Å². The van der Waals surface area contributed by atoms with E-state index >= 15 is 0 Å². The molecular weight excluding hydrogens is 370 g/mol. The van der Waals surface area contributed by atoms with Crippen LogP contribution in [0.3, 0.4) is 0 Å². The topological polar surface area (TPSA) is 55.1 Å². The van der Waals surface area contributed by atoms with Crippen molar-refractivity contribution in [2.75, 3.05) is 5.32 Å². The Balaban J connectivity index is 2.43. The Bertz CT molecular complexity index is 630. The fraction of sp³-hybridized carbons (Fsp3) is 0.133. The van der Waals surface area contributed by atoms with Gasteiger partial charge in [-0.1, -0.05) is 24.3 Å². The first-order chi connectivity index (χ1) is 9.43. The van der Waals surface area contributed by atoms with Gasteiger partial charge >= 0.3 is 0 Å². The molecule has 5 heteroatoms. The van der Waals surface area contributed by atoms with Crippen molar-refractivity contribution in [1.82, 2.24) is 0 Å². The van der Waals surface area contributed by atoms with Gasteiger partial charge in [0.1, 0.15) is 11.4 Å². The molecule has 1 atom stereocenters. The minimum Gasteiger partial charge on any atom is -0.367 e. The summed E-state index contributed by atoms with van der Waals surface area (Å²) >= 11 is 2.17. The molecule has 1 unspecified atom stereocenters. The Morgan fingerprint density at radius 1 is 1.20 bits per heavy atom. The van der Waals surface area contributed by atoms with E-state index < -0.39 is 17.3 Å². The predicted octanol–water partition coefficient (Wildman–Crippen LogP) is 3.24. The number of benzene rings is 2. The van der Waals surface area contributed by atoms with Gasteiger partial charge in [-0.05, 0) is 59.3 Å². The molecule has 0 heterocycles. The van der Waals surface area contributed by atoms with Crippen molar-refractivity contribution in [3.63, 3.8) is 0 Å². The van der Waals surface area contributed by atoms with Gasteiger partial charge in [-0.2, -0.15) is 0 Å². The summed E-state index contributed by atoms with van der Waals surface area (Å²) in [4.78, 5) is 11.9. The molecule has 20 heavy (non-hydrogen) atoms. The molecule has 2 aromatic carbocycles. The highest BCUT2D eigenvalue weighted by Gasteiger charge is 2.33. The van der Waals surface area contributed by atoms with Gasteiger partial charge in [0, 0.05) is 3.57 Å². The number of amides is 1. The molecule has 3 N–H and O–H groups in total. The van der Waals surface area contributed by atoms with Crippen LogP contribution >= 0.6 is 22.6 Å². The van der Waals surface area contributed by atoms with Crippen LogP contribution in [0.1, 0.15) is 12.5 Å². The summed E-state index contributed by atoms with van der Waals surface area (Å²) < 4.78 is 14.8. The number of hydrogen-bond acceptors (Lipinski definition) is 2. The number of rotatable bonds is 4. The SMILES string of the molecule is CC(Nc1ccccc1F)(C(N)=O)c1ccc(I)cc1. The molecule has 0 saturated heterocycles. The summed E-state index contributed by atoms with van der Waals surface area (Å²) in [5.74, 6) is -0.993. The van der Waals surface area contributed by atoms with Crippen molar-refractivity contribution >= 4 is 34.2 Å². The molecule has 0 aliphatic carbocycles. The van der Waals surface area contributed by atoms with Crippen LogP contribution < -0.4 is 11.1 Å². The lowest BCUT2D eigenvalue weighted by molar-refractivity contribution is -0.122. The van der Waals surface area contributed by atoms with Gasteiger partial charge in [0.25, 0.3) is 0 Å². The molecule has 2 rings (SSSR count). The van der Waals surface area contributed by atoms with Crippen molar-refractivity contribution in [2.24, 2.45) is 5.73 Å². The van der Waals surface area contributed by atoms with Crippen molar-refractivity contribution < 1.29 is 9.18 Å². The average Bonchev–Trinajstić information content (AvgIpc) is 2.42. The lowest BCUT2D eigenvalue weighted by Gasteiger charge is -2.29. The van der Waals surface area contributed by atoms with Crippen molar-refractivity contribution in [3.8, 4) is 0 Å². The highest BCUT2D eigenvalue weighted by atomic mass is 127. The molecule has 0 fully saturated rings. The summed E-state index contributed by atoms with van der Waals surface area (Å²) in [6.07, 6.45) is 0. The minimum atomic E-state index is -1.17. The molecule has 0 bridgehead atoms. The summed E-state index contributed by atoms with van der Waals surface area (Å²) in [7, 11) is 0. The number of hydrogen-bond donors (Lipinski definition) is 2. The van der Waals surface area contributed by atoms with Crippen LogP contribution in [-0.4, -0.2) is 5.91 Å². The number of carbonyl (C=O) groups excluding carboxylic acids is 1. The van der Waals surface area contributed by atoms with Gasteiger partial charge in [-0.25, -0.2) is 4.39 Å².